The average molecular weight is 1840 g/mol. The Labute approximate surface area is 769 Å². The van der Waals surface area contributed by atoms with E-state index in [0.29, 0.717) is 95.5 Å². The van der Waals surface area contributed by atoms with Gasteiger partial charge in [0.15, 0.2) is 0 Å². The molecule has 10 aromatic rings. The Bertz CT molecular complexity index is 6180. The lowest BCUT2D eigenvalue weighted by Gasteiger charge is -2.14. The fourth-order valence-electron chi connectivity index (χ4n) is 14.5. The molecule has 6 aliphatic heterocycles. The van der Waals surface area contributed by atoms with E-state index >= 15 is 0 Å². The number of β-amino-alcohol motifs (C(OH)–C–C–N with tert-alkyl or cyclic N) is 2. The first-order chi connectivity index (χ1) is 65.0. The molecule has 6 aliphatic rings. The second-order valence-electron chi connectivity index (χ2n) is 30.1. The minimum atomic E-state index is -0.657. The molecule has 16 rings (SSSR count). The minimum absolute atomic E-state index is 0.0486. The van der Waals surface area contributed by atoms with Crippen LogP contribution in [0.2, 0.25) is 0 Å². The summed E-state index contributed by atoms with van der Waals surface area (Å²) in [6, 6.07) is 51.6. The van der Waals surface area contributed by atoms with Crippen LogP contribution in [0.5, 0.6) is 0 Å². The van der Waals surface area contributed by atoms with E-state index in [2.05, 4.69) is 14.2 Å². The van der Waals surface area contributed by atoms with E-state index in [1.807, 2.05) is 13.8 Å². The van der Waals surface area contributed by atoms with Crippen LogP contribution >= 0.6 is 0 Å². The van der Waals surface area contributed by atoms with Crippen LogP contribution in [-0.4, -0.2) is 258 Å². The topological polar surface area (TPSA) is 521 Å². The zero-order valence-electron chi connectivity index (χ0n) is 73.1. The molecule has 36 nitrogen and oxygen atoms in total. The highest BCUT2D eigenvalue weighted by atomic mass is 16.6. The quantitative estimate of drug-likeness (QED) is 0.0117. The van der Waals surface area contributed by atoms with Gasteiger partial charge in [-0.1, -0.05) is 62.4 Å². The van der Waals surface area contributed by atoms with Gasteiger partial charge in [-0.3, -0.25) is 58.0 Å². The van der Waals surface area contributed by atoms with Crippen molar-refractivity contribution in [3.63, 3.8) is 0 Å². The van der Waals surface area contributed by atoms with Crippen LogP contribution in [-0.2, 0) is 57.2 Å². The Hall–Kier alpha value is -16.1. The average Bonchev–Trinajstić information content (AvgIpc) is 1.63. The first-order valence-corrected chi connectivity index (χ1v) is 42.1. The lowest BCUT2D eigenvalue weighted by molar-refractivity contribution is 0.0420. The molecule has 0 spiro atoms. The van der Waals surface area contributed by atoms with Gasteiger partial charge in [-0.05, 0) is 222 Å². The third kappa shape index (κ3) is 23.4. The van der Waals surface area contributed by atoms with Crippen LogP contribution in [0, 0.1) is 0 Å². The standard InChI is InChI=1S/C35H28N2O8.C21H18N2O6.C17H8O6.C12H14O6.C12H14O4.C2H7NO/c1-3-12-36-30(38)26-10-4-20(16-28(26)32(36)40)15-21-5-11-27-29(17-21)33(41)37(31(27)39)13-14-45-35(43)25-9-7-22-18-24(34(42)44-2)8-6-23(22)19-25;24-7-5-22-18(26)14-3-1-12(10-16(14)20(22)28)9-13-2-4-15-17(11-13)21(29)23(6-8-25)19(15)27;18-14-10-3-1-8(6-12(10)16(20)22-14)5-9-2-4-11-13(7-9)17(21)23-15(11)19;13-5-7-17-11(15)9-1-2-10(4-3-9)12(16)18-8-6-14;1-3-8-16-12(14)10-6-4-9(5-7-10)11(13)15-2;3-1-2-4/h4-11,16-19H,3,12-15H2,1-2H3;1-4,10-11,24-25H,5-9H2;1-4,6-7H,5H2;1-4,13-14H,5-8H2;4-7H,3,8H2,1-2H3;4H,1-3H2. The molecule has 0 atom stereocenters. The summed E-state index contributed by atoms with van der Waals surface area (Å²) in [5, 5.41) is 44.3. The van der Waals surface area contributed by atoms with Gasteiger partial charge in [0.05, 0.1) is 174 Å². The van der Waals surface area contributed by atoms with Crippen LogP contribution in [0.3, 0.4) is 0 Å². The molecule has 135 heavy (non-hydrogen) atoms. The van der Waals surface area contributed by atoms with Crippen molar-refractivity contribution in [3.05, 3.63) is 328 Å². The molecule has 0 aromatic heterocycles. The van der Waals surface area contributed by atoms with E-state index in [4.69, 9.17) is 55.0 Å². The Morgan fingerprint density at radius 1 is 0.267 bits per heavy atom. The number of aliphatic hydroxyl groups excluding tert-OH is 5. The number of amides is 8. The van der Waals surface area contributed by atoms with Crippen LogP contribution < -0.4 is 5.73 Å². The maximum atomic E-state index is 13.2. The number of methoxy groups -OCH3 is 2. The number of esters is 10. The van der Waals surface area contributed by atoms with Crippen molar-refractivity contribution >= 4 is 118 Å². The Kier molecular flexibility index (Phi) is 34.0. The molecule has 0 bridgehead atoms. The Morgan fingerprint density at radius 3 is 0.822 bits per heavy atom. The number of hydrogen-bond donors (Lipinski definition) is 6. The molecular weight excluding hydrogens is 1760 g/mol. The van der Waals surface area contributed by atoms with Gasteiger partial charge in [-0.15, -0.1) is 0 Å². The third-order valence-electron chi connectivity index (χ3n) is 21.0. The normalized spacial score (nSPS) is 13.2. The van der Waals surface area contributed by atoms with Gasteiger partial charge >= 0.3 is 59.7 Å². The van der Waals surface area contributed by atoms with Gasteiger partial charge in [0.1, 0.15) is 19.8 Å². The predicted octanol–water partition coefficient (Wildman–Crippen LogP) is 7.99. The monoisotopic (exact) mass is 1840 g/mol. The molecule has 696 valence electrons. The number of hydrogen-bond acceptors (Lipinski definition) is 32. The zero-order chi connectivity index (χ0) is 97.4. The molecule has 0 unspecified atom stereocenters. The number of cyclic esters (lactones) is 4. The molecule has 10 aromatic carbocycles. The molecule has 0 saturated carbocycles. The lowest BCUT2D eigenvalue weighted by Crippen LogP contribution is -2.33. The largest absolute Gasteiger partial charge is 0.465 e. The smallest absolute Gasteiger partial charge is 0.346 e. The number of ether oxygens (including phenoxy) is 8. The van der Waals surface area contributed by atoms with E-state index in [0.717, 1.165) is 65.3 Å². The summed E-state index contributed by atoms with van der Waals surface area (Å²) in [7, 11) is 2.61. The molecular formula is C99H89N5O31. The molecule has 0 radical (unpaired) electrons. The highest BCUT2D eigenvalue weighted by molar-refractivity contribution is 6.24. The first kappa shape index (κ1) is 99.5. The summed E-state index contributed by atoms with van der Waals surface area (Å²) < 4.78 is 38.1. The number of carbonyl (C=O) groups excluding carboxylic acids is 18. The summed E-state index contributed by atoms with van der Waals surface area (Å²) in [5.74, 6) is -8.87. The predicted molar refractivity (Wildman–Crippen MR) is 474 cm³/mol. The number of nitrogens with zero attached hydrogens (tertiary/aromatic N) is 4. The number of aliphatic hydroxyl groups is 5. The molecule has 0 saturated heterocycles. The number of rotatable bonds is 28. The van der Waals surface area contributed by atoms with E-state index in [1.165, 1.54) is 55.5 Å². The summed E-state index contributed by atoms with van der Waals surface area (Å²) in [6.07, 6.45) is 2.69. The fourth-order valence-corrected chi connectivity index (χ4v) is 14.5. The second-order valence-corrected chi connectivity index (χ2v) is 30.1. The number of nitrogens with two attached hydrogens (primary N) is 1. The highest BCUT2D eigenvalue weighted by Crippen LogP contribution is 2.33. The summed E-state index contributed by atoms with van der Waals surface area (Å²) in [6.45, 7) is 3.45. The highest BCUT2D eigenvalue weighted by Gasteiger charge is 2.40. The van der Waals surface area contributed by atoms with Crippen LogP contribution in [0.4, 0.5) is 0 Å². The van der Waals surface area contributed by atoms with E-state index in [1.54, 1.807) is 158 Å². The van der Waals surface area contributed by atoms with Gasteiger partial charge in [0.2, 0.25) is 0 Å². The number of carbonyl (C=O) groups is 18. The molecule has 6 heterocycles. The van der Waals surface area contributed by atoms with Crippen molar-refractivity contribution in [2.24, 2.45) is 5.73 Å². The zero-order valence-corrected chi connectivity index (χ0v) is 73.1. The molecule has 7 N–H and O–H groups in total. The summed E-state index contributed by atoms with van der Waals surface area (Å²) >= 11 is 0. The van der Waals surface area contributed by atoms with E-state index in [9.17, 15) is 86.3 Å². The molecule has 0 aliphatic carbocycles. The van der Waals surface area contributed by atoms with Crippen molar-refractivity contribution < 1.29 is 150 Å². The Balaban J connectivity index is 0.000000169. The maximum Gasteiger partial charge on any atom is 0.346 e. The van der Waals surface area contributed by atoms with Crippen molar-refractivity contribution in [2.45, 2.75) is 46.0 Å². The fraction of sp³-hybridized carbons (Fsp3) is 0.232. The van der Waals surface area contributed by atoms with Gasteiger partial charge in [0, 0.05) is 13.1 Å². The maximum absolute atomic E-state index is 13.2. The van der Waals surface area contributed by atoms with Gasteiger partial charge in [-0.25, -0.2) is 47.9 Å². The van der Waals surface area contributed by atoms with Crippen LogP contribution in [0.1, 0.15) is 247 Å². The van der Waals surface area contributed by atoms with Crippen molar-refractivity contribution in [3.8, 4) is 0 Å². The third-order valence-corrected chi connectivity index (χ3v) is 21.0. The lowest BCUT2D eigenvalue weighted by atomic mass is 9.98. The number of fused-ring (bicyclic) bond motifs is 7. The molecule has 0 fully saturated rings. The number of benzene rings is 10. The van der Waals surface area contributed by atoms with Gasteiger partial charge in [0.25, 0.3) is 47.3 Å². The molecule has 8 amide bonds. The second kappa shape index (κ2) is 46.1. The van der Waals surface area contributed by atoms with E-state index in [-0.39, 0.29) is 140 Å². The van der Waals surface area contributed by atoms with Crippen molar-refractivity contribution in [2.75, 3.05) is 106 Å². The minimum Gasteiger partial charge on any atom is -0.465 e. The summed E-state index contributed by atoms with van der Waals surface area (Å²) in [4.78, 5) is 221. The SMILES string of the molecule is CCCN1C(=O)c2ccc(Cc3ccc4c(c3)C(=O)N(CCOC(=O)c3ccc5cc(C(=O)OC)ccc5c3)C4=O)cc2C1=O.CCCOC(=O)c1ccc(C(=O)OC)cc1.NCCO.O=C(OCCO)c1ccc(C(=O)OCCO)cc1.O=C1OC(=O)c2cc(Cc3ccc4c(c3)C(=O)OC4=O)ccc21.O=C1c2ccc(Cc3ccc4c(c3)C(=O)N(CCO)C4=O)cc2C(=O)N1CCO. The number of imide groups is 4. The Morgan fingerprint density at radius 2 is 0.519 bits per heavy atom. The van der Waals surface area contributed by atoms with Gasteiger partial charge < -0.3 is 69.2 Å². The van der Waals surface area contributed by atoms with E-state index < -0.39 is 89.2 Å². The van der Waals surface area contributed by atoms with Gasteiger partial charge in [-0.2, -0.15) is 0 Å². The van der Waals surface area contributed by atoms with Crippen molar-refractivity contribution in [1.29, 1.82) is 0 Å². The molecule has 36 heteroatoms. The van der Waals surface area contributed by atoms with Crippen LogP contribution in [0.15, 0.2) is 194 Å². The van der Waals surface area contributed by atoms with Crippen LogP contribution in [0.25, 0.3) is 10.8 Å². The first-order valence-electron chi connectivity index (χ1n) is 42.1. The van der Waals surface area contributed by atoms with Crippen molar-refractivity contribution in [1.82, 2.24) is 19.6 Å². The summed E-state index contributed by atoms with van der Waals surface area (Å²) in [5.41, 5.74) is 15.0.